The molecule has 126 heavy (non-hydrogen) atoms. The Balaban J connectivity index is -0.000000737. The number of hydrogen-bond acceptors (Lipinski definition) is 34. The number of rotatable bonds is 53. The van der Waals surface area contributed by atoms with E-state index in [4.69, 9.17) is 18.9 Å². The Labute approximate surface area is 878 Å². The molecule has 0 radical (unpaired) electrons. The van der Waals surface area contributed by atoms with Crippen LogP contribution in [0.4, 0.5) is 22.7 Å². The Kier molecular flexibility index (Phi) is 73.9. The van der Waals surface area contributed by atoms with Gasteiger partial charge in [-0.3, -0.25) is 4.90 Å². The molecule has 0 saturated carbocycles. The number of ether oxygens (including phenoxy) is 4. The van der Waals surface area contributed by atoms with Gasteiger partial charge in [0, 0.05) is 108 Å². The first-order chi connectivity index (χ1) is 56.9. The van der Waals surface area contributed by atoms with Crippen LogP contribution in [-0.2, 0) is 60.1 Å². The van der Waals surface area contributed by atoms with E-state index in [1.807, 2.05) is 67.5 Å². The number of unbranched alkanes of at least 4 members (excludes halogenated alkanes) is 2. The molecule has 0 bridgehead atoms. The standard InChI is InChI=1S/C20H27NO7S.C20H35NO7S.3C14H23NO5S.2K.2Li.Na/c22-17(15-27-19-7-3-1-4-8-19)13-21(11-12-29(24,25)26)14-18(23)16-28-20-9-5-2-6-10-20;1-3-5-10-27-15-18(22)13-21(14-19(23)16-28-11-6-4-2)17-8-7-9-20(12-17)29(24,25)26;3*1-3-12(16)9-15(10-13(17)4-2)11-6-5-7-14(8-11)21(18,19)20;;;;;/h1-10,17-18,22-23H,11-16H2,(H,24,25,26);7-9,12,18-19,22-23H,3-6,10-11,13-16H2,1-2H3,(H,24,25,26);3*5-8,12-13,16-17H,3-4,9-10H2,1-2H3,(H,18,19,20);;;;;/q;;;;;5*+1/p-5. The second-order valence-corrected chi connectivity index (χ2v) is 35.6. The SMILES string of the molecule is CCC(O)CN(CC(O)CC)c1cccc(S(=O)(=O)[O-])c1.CCC(O)CN(CC(O)CC)c1cccc(S(=O)(=O)[O-])c1.CCC(O)CN(CC(O)CC)c1cccc(S(=O)(=O)[O-])c1.CCCCOCC(O)CN(CC(O)COCCCC)c1cccc(S(=O)(=O)[O-])c1.O=S(=O)([O-])CCN(CC(O)COc1ccccc1)CC(O)COc1ccccc1.[K+].[K+].[Li+].[Li+].[Na+]. The van der Waals surface area contributed by atoms with Crippen LogP contribution in [0.15, 0.2) is 177 Å². The van der Waals surface area contributed by atoms with Crippen LogP contribution < -0.4 is 199 Å². The van der Waals surface area contributed by atoms with Crippen molar-refractivity contribution >= 4 is 73.3 Å². The zero-order valence-electron chi connectivity index (χ0n) is 75.1. The van der Waals surface area contributed by atoms with Crippen LogP contribution in [0, 0.1) is 0 Å². The van der Waals surface area contributed by atoms with Gasteiger partial charge in [0.25, 0.3) is 0 Å². The van der Waals surface area contributed by atoms with E-state index in [2.05, 4.69) is 0 Å². The van der Waals surface area contributed by atoms with Gasteiger partial charge in [0.15, 0.2) is 0 Å². The summed E-state index contributed by atoms with van der Waals surface area (Å²) in [6, 6.07) is 40.3. The Morgan fingerprint density at radius 3 is 0.738 bits per heavy atom. The third kappa shape index (κ3) is 59.5. The van der Waals surface area contributed by atoms with Crippen LogP contribution in [0.3, 0.4) is 0 Å². The Hall–Kier alpha value is -1.38. The van der Waals surface area contributed by atoms with E-state index in [0.717, 1.165) is 25.7 Å². The van der Waals surface area contributed by atoms with Crippen LogP contribution in [0.1, 0.15) is 120 Å². The van der Waals surface area contributed by atoms with Crippen LogP contribution in [0.5, 0.6) is 11.5 Å². The van der Waals surface area contributed by atoms with Crippen LogP contribution in [0.2, 0.25) is 0 Å². The minimum Gasteiger partial charge on any atom is -0.748 e. The number of benzene rings is 6. The molecule has 0 spiro atoms. The molecule has 10 unspecified atom stereocenters. The van der Waals surface area contributed by atoms with Crippen LogP contribution in [-0.4, -0.2) is 299 Å². The van der Waals surface area contributed by atoms with E-state index >= 15 is 0 Å². The predicted molar refractivity (Wildman–Crippen MR) is 455 cm³/mol. The Morgan fingerprint density at radius 1 is 0.310 bits per heavy atom. The molecule has 688 valence electrons. The van der Waals surface area contributed by atoms with Gasteiger partial charge in [0.2, 0.25) is 0 Å². The van der Waals surface area contributed by atoms with Gasteiger partial charge >= 0.3 is 170 Å². The van der Waals surface area contributed by atoms with Crippen LogP contribution >= 0.6 is 0 Å². The van der Waals surface area contributed by atoms with Gasteiger partial charge < -0.3 is 112 Å². The molecule has 0 saturated heterocycles. The zero-order chi connectivity index (χ0) is 90.9. The monoisotopic (exact) mass is 1920 g/mol. The summed E-state index contributed by atoms with van der Waals surface area (Å²) in [5, 5.41) is 99.9. The Bertz CT molecular complexity index is 4080. The maximum absolute atomic E-state index is 11.3. The summed E-state index contributed by atoms with van der Waals surface area (Å²) in [4.78, 5) is 6.91. The Morgan fingerprint density at radius 2 is 0.532 bits per heavy atom. The molecule has 6 aromatic carbocycles. The molecule has 0 amide bonds. The third-order valence-electron chi connectivity index (χ3n) is 18.0. The first-order valence-corrected chi connectivity index (χ1v) is 47.3. The molecule has 6 rings (SSSR count). The van der Waals surface area contributed by atoms with E-state index in [1.165, 1.54) is 77.7 Å². The van der Waals surface area contributed by atoms with Crippen LogP contribution in [0.25, 0.3) is 0 Å². The van der Waals surface area contributed by atoms with Crippen molar-refractivity contribution in [1.29, 1.82) is 0 Å². The first kappa shape index (κ1) is 131. The number of hydrogen-bond donors (Lipinski definition) is 10. The van der Waals surface area contributed by atoms with E-state index in [1.54, 1.807) is 92.4 Å². The molecule has 0 aromatic heterocycles. The van der Waals surface area contributed by atoms with Gasteiger partial charge in [-0.1, -0.05) is 129 Å². The second kappa shape index (κ2) is 71.2. The van der Waals surface area contributed by atoms with Crippen molar-refractivity contribution < 1.29 is 305 Å². The van der Waals surface area contributed by atoms with Crippen molar-refractivity contribution in [2.24, 2.45) is 0 Å². The number of nitrogens with zero attached hydrogens (tertiary/aromatic N) is 5. The summed E-state index contributed by atoms with van der Waals surface area (Å²) < 4.78 is 189. The zero-order valence-corrected chi connectivity index (χ0v) is 87.4. The number of para-hydroxylation sites is 2. The van der Waals surface area contributed by atoms with Gasteiger partial charge in [-0.15, -0.1) is 0 Å². The average Bonchev–Trinajstić information content (AvgIpc) is 0.846. The fourth-order valence-electron chi connectivity index (χ4n) is 10.9. The van der Waals surface area contributed by atoms with Crippen molar-refractivity contribution in [2.75, 3.05) is 137 Å². The van der Waals surface area contributed by atoms with Crippen molar-refractivity contribution in [3.05, 3.63) is 158 Å². The molecule has 0 aliphatic rings. The molecule has 0 aliphatic heterocycles. The van der Waals surface area contributed by atoms with Gasteiger partial charge in [0.1, 0.15) is 77.4 Å². The van der Waals surface area contributed by atoms with E-state index in [9.17, 15) is 116 Å². The minimum atomic E-state index is -4.61. The van der Waals surface area contributed by atoms with Gasteiger partial charge in [-0.05, 0) is 148 Å². The van der Waals surface area contributed by atoms with E-state index in [-0.39, 0.29) is 288 Å². The summed E-state index contributed by atoms with van der Waals surface area (Å²) in [7, 11) is -22.6. The van der Waals surface area contributed by atoms with Crippen molar-refractivity contribution in [3.63, 3.8) is 0 Å². The molecular weight excluding hydrogens is 1790 g/mol. The number of aliphatic hydroxyl groups excluding tert-OH is 10. The molecule has 10 N–H and O–H groups in total. The molecule has 34 nitrogen and oxygen atoms in total. The molecule has 0 aliphatic carbocycles. The third-order valence-corrected chi connectivity index (χ3v) is 22.0. The summed E-state index contributed by atoms with van der Waals surface area (Å²) >= 11 is 0. The van der Waals surface area contributed by atoms with Gasteiger partial charge in [0.05, 0.1) is 97.5 Å². The van der Waals surface area contributed by atoms with Gasteiger partial charge in [-0.25, -0.2) is 42.1 Å². The molecule has 10 atom stereocenters. The van der Waals surface area contributed by atoms with Gasteiger partial charge in [-0.2, -0.15) is 0 Å². The molecule has 44 heteroatoms. The molecular formula is C82H126K2Li2N5NaO29S5. The maximum atomic E-state index is 11.3. The summed E-state index contributed by atoms with van der Waals surface area (Å²) in [6.45, 7) is 18.1. The number of aliphatic hydroxyl groups is 10. The predicted octanol–water partition coefficient (Wildman–Crippen LogP) is -9.70. The summed E-state index contributed by atoms with van der Waals surface area (Å²) in [5.41, 5.74) is 1.90. The van der Waals surface area contributed by atoms with Crippen molar-refractivity contribution in [2.45, 2.75) is 200 Å². The summed E-state index contributed by atoms with van der Waals surface area (Å²) in [5.74, 6) is 0.569. The first-order valence-electron chi connectivity index (χ1n) is 40.1. The smallest absolute Gasteiger partial charge is 0.748 e. The maximum Gasteiger partial charge on any atom is 1.00 e. The van der Waals surface area contributed by atoms with Crippen molar-refractivity contribution in [1.82, 2.24) is 4.90 Å². The molecule has 0 fully saturated rings. The second-order valence-electron chi connectivity index (χ2n) is 28.5. The van der Waals surface area contributed by atoms with Crippen molar-refractivity contribution in [3.8, 4) is 11.5 Å². The van der Waals surface area contributed by atoms with E-state index < -0.39 is 117 Å². The van der Waals surface area contributed by atoms with E-state index in [0.29, 0.717) is 86.0 Å². The largest absolute Gasteiger partial charge is 1.00 e. The topological polar surface area (TPSA) is 541 Å². The molecule has 6 aromatic rings. The average molecular weight is 1920 g/mol. The normalized spacial score (nSPS) is 13.7. The number of anilines is 4. The fraction of sp³-hybridized carbons (Fsp3) is 0.561. The fourth-order valence-corrected chi connectivity index (χ4v) is 13.5. The summed E-state index contributed by atoms with van der Waals surface area (Å²) in [6.07, 6.45) is -0.121. The minimum absolute atomic E-state index is 0. The quantitative estimate of drug-likeness (QED) is 0.00963. The molecule has 0 heterocycles.